The largest absolute Gasteiger partial charge is 0.508 e. The van der Waals surface area contributed by atoms with Crippen LogP contribution < -0.4 is 0 Å². The average Bonchev–Trinajstić information content (AvgIpc) is 2.58. The van der Waals surface area contributed by atoms with Crippen molar-refractivity contribution in [2.24, 2.45) is 5.92 Å². The van der Waals surface area contributed by atoms with Crippen LogP contribution in [0.25, 0.3) is 0 Å². The Bertz CT molecular complexity index is 723. The molecule has 24 heavy (non-hydrogen) atoms. The Labute approximate surface area is 151 Å². The van der Waals surface area contributed by atoms with E-state index in [1.165, 1.54) is 0 Å². The lowest BCUT2D eigenvalue weighted by molar-refractivity contribution is 0.0835. The van der Waals surface area contributed by atoms with Crippen molar-refractivity contribution in [3.8, 4) is 5.75 Å². The number of phenolic OH excluding ortho intramolecular Hbond substituents is 1. The van der Waals surface area contributed by atoms with E-state index in [9.17, 15) is 9.90 Å². The highest BCUT2D eigenvalue weighted by Gasteiger charge is 2.26. The van der Waals surface area contributed by atoms with Gasteiger partial charge in [-0.1, -0.05) is 29.3 Å². The Morgan fingerprint density at radius 2 is 1.75 bits per heavy atom. The third-order valence-corrected chi connectivity index (χ3v) is 5.11. The van der Waals surface area contributed by atoms with Crippen molar-refractivity contribution in [3.63, 3.8) is 0 Å². The summed E-state index contributed by atoms with van der Waals surface area (Å²) in [4.78, 5) is 14.8. The monoisotopic (exact) mass is 363 g/mol. The molecule has 0 aromatic heterocycles. The summed E-state index contributed by atoms with van der Waals surface area (Å²) >= 11 is 12.2. The van der Waals surface area contributed by atoms with Gasteiger partial charge >= 0.3 is 0 Å². The van der Waals surface area contributed by atoms with E-state index >= 15 is 0 Å². The van der Waals surface area contributed by atoms with Crippen LogP contribution in [0.1, 0.15) is 28.8 Å². The number of piperidine rings is 1. The van der Waals surface area contributed by atoms with Crippen molar-refractivity contribution in [2.75, 3.05) is 13.1 Å². The zero-order valence-corrected chi connectivity index (χ0v) is 14.7. The highest BCUT2D eigenvalue weighted by molar-refractivity contribution is 6.35. The van der Waals surface area contributed by atoms with Crippen LogP contribution in [0.5, 0.6) is 5.75 Å². The molecule has 126 valence electrons. The second-order valence-corrected chi connectivity index (χ2v) is 7.04. The topological polar surface area (TPSA) is 40.5 Å². The Kier molecular flexibility index (Phi) is 5.44. The molecule has 1 heterocycles. The molecule has 0 atom stereocenters. The molecule has 2 aromatic carbocycles. The van der Waals surface area contributed by atoms with Gasteiger partial charge in [0.15, 0.2) is 5.78 Å². The van der Waals surface area contributed by atoms with Gasteiger partial charge in [-0.05, 0) is 67.9 Å². The first-order valence-electron chi connectivity index (χ1n) is 8.02. The number of aromatic hydroxyl groups is 1. The molecule has 1 fully saturated rings. The van der Waals surface area contributed by atoms with Crippen molar-refractivity contribution >= 4 is 29.0 Å². The van der Waals surface area contributed by atoms with E-state index in [1.807, 2.05) is 12.1 Å². The molecule has 0 amide bonds. The number of rotatable bonds is 4. The number of phenols is 1. The summed E-state index contributed by atoms with van der Waals surface area (Å²) in [5, 5.41) is 10.7. The second kappa shape index (κ2) is 7.56. The van der Waals surface area contributed by atoms with Crippen LogP contribution >= 0.6 is 23.2 Å². The molecule has 0 aliphatic carbocycles. The van der Waals surface area contributed by atoms with Crippen LogP contribution in [-0.2, 0) is 6.54 Å². The first kappa shape index (κ1) is 17.3. The quantitative estimate of drug-likeness (QED) is 0.793. The number of carbonyl (C=O) groups excluding carboxylic acids is 1. The molecular weight excluding hydrogens is 345 g/mol. The van der Waals surface area contributed by atoms with Gasteiger partial charge in [-0.25, -0.2) is 0 Å². The maximum absolute atomic E-state index is 12.5. The SMILES string of the molecule is O=C(c1ccc(O)cc1)C1CCN(Cc2ccc(Cl)cc2Cl)CC1. The van der Waals surface area contributed by atoms with E-state index in [0.29, 0.717) is 15.6 Å². The smallest absolute Gasteiger partial charge is 0.166 e. The van der Waals surface area contributed by atoms with Gasteiger partial charge in [0.1, 0.15) is 5.75 Å². The summed E-state index contributed by atoms with van der Waals surface area (Å²) in [6.07, 6.45) is 1.68. The lowest BCUT2D eigenvalue weighted by atomic mass is 9.88. The van der Waals surface area contributed by atoms with E-state index < -0.39 is 0 Å². The molecule has 3 nitrogen and oxygen atoms in total. The third-order valence-electron chi connectivity index (χ3n) is 4.52. The van der Waals surface area contributed by atoms with Gasteiger partial charge in [0.2, 0.25) is 0 Å². The summed E-state index contributed by atoms with van der Waals surface area (Å²) in [5.41, 5.74) is 1.73. The molecule has 5 heteroatoms. The van der Waals surface area contributed by atoms with E-state index in [2.05, 4.69) is 4.90 Å². The van der Waals surface area contributed by atoms with Crippen molar-refractivity contribution in [3.05, 3.63) is 63.6 Å². The molecule has 1 N–H and O–H groups in total. The summed E-state index contributed by atoms with van der Waals surface area (Å²) in [5.74, 6) is 0.395. The Morgan fingerprint density at radius 3 is 2.38 bits per heavy atom. The minimum absolute atomic E-state index is 0.0477. The van der Waals surface area contributed by atoms with Crippen LogP contribution in [-0.4, -0.2) is 28.9 Å². The highest BCUT2D eigenvalue weighted by atomic mass is 35.5. The van der Waals surface area contributed by atoms with Crippen LogP contribution in [0, 0.1) is 5.92 Å². The number of Topliss-reactive ketones (excluding diaryl/α,β-unsaturated/α-hetero) is 1. The fourth-order valence-electron chi connectivity index (χ4n) is 3.11. The number of carbonyl (C=O) groups is 1. The predicted octanol–water partition coefficient (Wildman–Crippen LogP) is 4.79. The van der Waals surface area contributed by atoms with Gasteiger partial charge in [-0.3, -0.25) is 9.69 Å². The van der Waals surface area contributed by atoms with E-state index in [0.717, 1.165) is 38.0 Å². The molecule has 2 aromatic rings. The van der Waals surface area contributed by atoms with Gasteiger partial charge in [0.05, 0.1) is 0 Å². The summed E-state index contributed by atoms with van der Waals surface area (Å²) in [7, 11) is 0. The zero-order chi connectivity index (χ0) is 17.1. The Morgan fingerprint density at radius 1 is 1.08 bits per heavy atom. The number of hydrogen-bond acceptors (Lipinski definition) is 3. The molecule has 1 aliphatic heterocycles. The van der Waals surface area contributed by atoms with Crippen molar-refractivity contribution in [2.45, 2.75) is 19.4 Å². The number of benzene rings is 2. The van der Waals surface area contributed by atoms with E-state index in [-0.39, 0.29) is 17.5 Å². The fraction of sp³-hybridized carbons (Fsp3) is 0.316. The van der Waals surface area contributed by atoms with Gasteiger partial charge < -0.3 is 5.11 Å². The van der Waals surface area contributed by atoms with Crippen molar-refractivity contribution in [1.29, 1.82) is 0 Å². The number of likely N-dealkylation sites (tertiary alicyclic amines) is 1. The summed E-state index contributed by atoms with van der Waals surface area (Å²) in [6.45, 7) is 2.51. The highest BCUT2D eigenvalue weighted by Crippen LogP contribution is 2.26. The van der Waals surface area contributed by atoms with Gasteiger partial charge in [0.25, 0.3) is 0 Å². The number of halogens is 2. The third kappa shape index (κ3) is 4.10. The zero-order valence-electron chi connectivity index (χ0n) is 13.2. The normalized spacial score (nSPS) is 16.2. The minimum Gasteiger partial charge on any atom is -0.508 e. The van der Waals surface area contributed by atoms with Gasteiger partial charge in [-0.15, -0.1) is 0 Å². The van der Waals surface area contributed by atoms with Crippen LogP contribution in [0.15, 0.2) is 42.5 Å². The first-order chi connectivity index (χ1) is 11.5. The van der Waals surface area contributed by atoms with Crippen LogP contribution in [0.3, 0.4) is 0 Å². The molecular formula is C19H19Cl2NO2. The second-order valence-electron chi connectivity index (χ2n) is 6.20. The standard InChI is InChI=1S/C19H19Cl2NO2/c20-16-4-1-15(18(21)11-16)12-22-9-7-14(8-10-22)19(24)13-2-5-17(23)6-3-13/h1-6,11,14,23H,7-10,12H2. The minimum atomic E-state index is 0.0477. The molecule has 0 radical (unpaired) electrons. The predicted molar refractivity (Wildman–Crippen MR) is 96.9 cm³/mol. The molecule has 0 spiro atoms. The number of ketones is 1. The lowest BCUT2D eigenvalue weighted by Crippen LogP contribution is -2.36. The average molecular weight is 364 g/mol. The van der Waals surface area contributed by atoms with E-state index in [1.54, 1.807) is 30.3 Å². The van der Waals surface area contributed by atoms with Crippen LogP contribution in [0.2, 0.25) is 10.0 Å². The molecule has 1 saturated heterocycles. The van der Waals surface area contributed by atoms with Crippen LogP contribution in [0.4, 0.5) is 0 Å². The lowest BCUT2D eigenvalue weighted by Gasteiger charge is -2.31. The van der Waals surface area contributed by atoms with Gasteiger partial charge in [-0.2, -0.15) is 0 Å². The summed E-state index contributed by atoms with van der Waals surface area (Å²) in [6, 6.07) is 12.1. The molecule has 3 rings (SSSR count). The maximum Gasteiger partial charge on any atom is 0.166 e. The fourth-order valence-corrected chi connectivity index (χ4v) is 3.57. The molecule has 0 saturated carbocycles. The maximum atomic E-state index is 12.5. The summed E-state index contributed by atoms with van der Waals surface area (Å²) < 4.78 is 0. The molecule has 1 aliphatic rings. The Hall–Kier alpha value is -1.55. The van der Waals surface area contributed by atoms with Crippen molar-refractivity contribution in [1.82, 2.24) is 4.90 Å². The van der Waals surface area contributed by atoms with E-state index in [4.69, 9.17) is 23.2 Å². The Balaban J connectivity index is 1.57. The first-order valence-corrected chi connectivity index (χ1v) is 8.78. The molecule has 0 bridgehead atoms. The number of nitrogens with zero attached hydrogens (tertiary/aromatic N) is 1. The van der Waals surface area contributed by atoms with Crippen molar-refractivity contribution < 1.29 is 9.90 Å². The molecule has 0 unspecified atom stereocenters. The number of hydrogen-bond donors (Lipinski definition) is 1. The van der Waals surface area contributed by atoms with Gasteiger partial charge in [0, 0.05) is 28.1 Å².